The number of benzene rings is 1. The fraction of sp³-hybridized carbons (Fsp3) is 0.750. The molecule has 0 spiro atoms. The Morgan fingerprint density at radius 1 is 0.767 bits per heavy atom. The van der Waals surface area contributed by atoms with Crippen molar-refractivity contribution in [1.82, 2.24) is 0 Å². The largest absolute Gasteiger partial charge is 0.508 e. The molecule has 0 fully saturated rings. The Kier molecular flexibility index (Phi) is 16.0. The minimum absolute atomic E-state index is 0.00217. The van der Waals surface area contributed by atoms with Crippen LogP contribution in [0.2, 0.25) is 0 Å². The highest BCUT2D eigenvalue weighted by Crippen LogP contribution is 2.39. The van der Waals surface area contributed by atoms with Crippen LogP contribution in [0.1, 0.15) is 122 Å². The Morgan fingerprint density at radius 3 is 1.77 bits per heavy atom. The van der Waals surface area contributed by atoms with Crippen molar-refractivity contribution in [3.05, 3.63) is 17.7 Å². The van der Waals surface area contributed by atoms with E-state index in [2.05, 4.69) is 23.2 Å². The summed E-state index contributed by atoms with van der Waals surface area (Å²) in [5.41, 5.74) is 0.733. The van der Waals surface area contributed by atoms with Crippen LogP contribution in [-0.2, 0) is 9.37 Å². The summed E-state index contributed by atoms with van der Waals surface area (Å²) in [6.45, 7) is 4.33. The van der Waals surface area contributed by atoms with Gasteiger partial charge in [-0.3, -0.25) is 0 Å². The van der Waals surface area contributed by atoms with Crippen molar-refractivity contribution in [3.8, 4) is 11.5 Å². The van der Waals surface area contributed by atoms with Crippen LogP contribution in [0.4, 0.5) is 0 Å². The second kappa shape index (κ2) is 17.7. The van der Waals surface area contributed by atoms with Crippen LogP contribution in [0.15, 0.2) is 17.0 Å². The maximum atomic E-state index is 10.2. The molecule has 0 aliphatic heterocycles. The Morgan fingerprint density at radius 2 is 1.27 bits per heavy atom. The number of unbranched alkanes of at least 4 members (excludes halogenated alkanes) is 13. The lowest BCUT2D eigenvalue weighted by molar-refractivity contribution is -0.432. The molecule has 1 aromatic carbocycles. The zero-order chi connectivity index (χ0) is 22.0. The van der Waals surface area contributed by atoms with E-state index in [9.17, 15) is 10.2 Å². The summed E-state index contributed by atoms with van der Waals surface area (Å²) < 4.78 is 4.31. The average molecular weight is 443 g/mol. The van der Waals surface area contributed by atoms with Crippen molar-refractivity contribution in [3.63, 3.8) is 0 Å². The van der Waals surface area contributed by atoms with Gasteiger partial charge in [0.25, 0.3) is 0 Å². The first kappa shape index (κ1) is 27.1. The van der Waals surface area contributed by atoms with Crippen LogP contribution in [0, 0.1) is 0 Å². The van der Waals surface area contributed by atoms with Crippen molar-refractivity contribution in [2.45, 2.75) is 121 Å². The minimum Gasteiger partial charge on any atom is -0.508 e. The third-order valence-corrected chi connectivity index (χ3v) is 6.42. The molecular formula is C24H42O5S. The van der Waals surface area contributed by atoms with Gasteiger partial charge in [0.2, 0.25) is 0 Å². The molecular weight excluding hydrogens is 400 g/mol. The fourth-order valence-corrected chi connectivity index (χ4v) is 4.30. The summed E-state index contributed by atoms with van der Waals surface area (Å²) in [7, 11) is 0. The molecule has 0 radical (unpaired) electrons. The molecule has 0 aliphatic carbocycles. The van der Waals surface area contributed by atoms with Gasteiger partial charge in [-0.05, 0) is 24.5 Å². The third-order valence-electron chi connectivity index (χ3n) is 5.78. The van der Waals surface area contributed by atoms with E-state index < -0.39 is 0 Å². The Hall–Kier alpha value is -0.950. The Balaban J connectivity index is 2.07. The van der Waals surface area contributed by atoms with Gasteiger partial charge in [0.15, 0.2) is 0 Å². The lowest BCUT2D eigenvalue weighted by Crippen LogP contribution is -1.95. The standard InChI is InChI=1S/C24H42O5S/c1-3-4-5-6-7-8-9-10-11-12-13-14-15-16-17-20(2)21-18-23(26)24(19-22(21)25)30-29-28-27/h18-20,25-27H,3-17H2,1-2H3. The molecule has 30 heavy (non-hydrogen) atoms. The van der Waals surface area contributed by atoms with Gasteiger partial charge in [0.05, 0.1) is 16.9 Å². The number of hydrogen-bond donors (Lipinski definition) is 3. The van der Waals surface area contributed by atoms with Crippen LogP contribution >= 0.6 is 12.0 Å². The van der Waals surface area contributed by atoms with Crippen molar-refractivity contribution in [1.29, 1.82) is 0 Å². The summed E-state index contributed by atoms with van der Waals surface area (Å²) in [4.78, 5) is 0.286. The van der Waals surface area contributed by atoms with E-state index in [0.29, 0.717) is 12.0 Å². The van der Waals surface area contributed by atoms with Gasteiger partial charge in [0.1, 0.15) is 11.5 Å². The number of phenolic OH excluding ortho intramolecular Hbond substituents is 2. The van der Waals surface area contributed by atoms with Crippen molar-refractivity contribution in [2.24, 2.45) is 0 Å². The normalized spacial score (nSPS) is 12.4. The SMILES string of the molecule is CCCCCCCCCCCCCCCCC(C)c1cc(O)c(SOOO)cc1O. The molecule has 0 bridgehead atoms. The first-order valence-electron chi connectivity index (χ1n) is 11.8. The van der Waals surface area contributed by atoms with Gasteiger partial charge < -0.3 is 10.2 Å². The Labute approximate surface area is 187 Å². The molecule has 0 saturated heterocycles. The predicted molar refractivity (Wildman–Crippen MR) is 124 cm³/mol. The van der Waals surface area contributed by atoms with E-state index in [4.69, 9.17) is 5.26 Å². The minimum atomic E-state index is -0.00217. The summed E-state index contributed by atoms with van der Waals surface area (Å²) in [5, 5.41) is 32.0. The molecule has 0 amide bonds. The molecule has 5 nitrogen and oxygen atoms in total. The summed E-state index contributed by atoms with van der Waals surface area (Å²) in [6.07, 6.45) is 19.8. The fourth-order valence-electron chi connectivity index (χ4n) is 3.89. The van der Waals surface area contributed by atoms with E-state index in [1.165, 1.54) is 89.5 Å². The van der Waals surface area contributed by atoms with Crippen molar-refractivity contribution in [2.75, 3.05) is 0 Å². The third kappa shape index (κ3) is 12.0. The molecule has 1 atom stereocenters. The molecule has 0 aliphatic rings. The summed E-state index contributed by atoms with van der Waals surface area (Å²) >= 11 is 0.638. The van der Waals surface area contributed by atoms with Gasteiger partial charge in [-0.25, -0.2) is 5.26 Å². The number of phenols is 2. The molecule has 0 saturated carbocycles. The highest BCUT2D eigenvalue weighted by Gasteiger charge is 2.15. The molecule has 174 valence electrons. The van der Waals surface area contributed by atoms with E-state index in [0.717, 1.165) is 18.4 Å². The van der Waals surface area contributed by atoms with E-state index >= 15 is 0 Å². The quantitative estimate of drug-likeness (QED) is 0.0655. The maximum Gasteiger partial charge on any atom is 0.132 e. The van der Waals surface area contributed by atoms with Gasteiger partial charge in [0, 0.05) is 5.56 Å². The highest BCUT2D eigenvalue weighted by molar-refractivity contribution is 7.94. The van der Waals surface area contributed by atoms with Gasteiger partial charge in [-0.2, -0.15) is 0 Å². The molecule has 1 unspecified atom stereocenters. The number of aromatic hydroxyl groups is 2. The topological polar surface area (TPSA) is 79.2 Å². The zero-order valence-corrected chi connectivity index (χ0v) is 19.7. The zero-order valence-electron chi connectivity index (χ0n) is 18.9. The molecule has 1 rings (SSSR count). The monoisotopic (exact) mass is 442 g/mol. The first-order chi connectivity index (χ1) is 14.6. The van der Waals surface area contributed by atoms with Gasteiger partial charge in [-0.15, -0.1) is 4.33 Å². The van der Waals surface area contributed by atoms with E-state index in [-0.39, 0.29) is 22.3 Å². The lowest BCUT2D eigenvalue weighted by Gasteiger charge is -2.15. The van der Waals surface area contributed by atoms with Gasteiger partial charge >= 0.3 is 0 Å². The number of hydrogen-bond acceptors (Lipinski definition) is 6. The molecule has 3 N–H and O–H groups in total. The average Bonchev–Trinajstić information content (AvgIpc) is 2.74. The predicted octanol–water partition coefficient (Wildman–Crippen LogP) is 8.50. The van der Waals surface area contributed by atoms with E-state index in [1.54, 1.807) is 6.07 Å². The van der Waals surface area contributed by atoms with Crippen molar-refractivity contribution >= 4 is 12.0 Å². The van der Waals surface area contributed by atoms with E-state index in [1.807, 2.05) is 0 Å². The summed E-state index contributed by atoms with van der Waals surface area (Å²) in [5.74, 6) is 0.287. The van der Waals surface area contributed by atoms with Crippen molar-refractivity contribution < 1.29 is 24.8 Å². The summed E-state index contributed by atoms with van der Waals surface area (Å²) in [6, 6.07) is 2.99. The Bertz CT molecular complexity index is 553. The number of rotatable bonds is 19. The van der Waals surface area contributed by atoms with Gasteiger partial charge in [-0.1, -0.05) is 109 Å². The highest BCUT2D eigenvalue weighted by atomic mass is 32.2. The van der Waals surface area contributed by atoms with Crippen LogP contribution in [0.25, 0.3) is 0 Å². The smallest absolute Gasteiger partial charge is 0.132 e. The first-order valence-corrected chi connectivity index (χ1v) is 12.5. The molecule has 6 heteroatoms. The second-order valence-electron chi connectivity index (χ2n) is 8.39. The second-order valence-corrected chi connectivity index (χ2v) is 9.13. The lowest BCUT2D eigenvalue weighted by atomic mass is 9.93. The van der Waals surface area contributed by atoms with Crippen LogP contribution < -0.4 is 0 Å². The van der Waals surface area contributed by atoms with Crippen LogP contribution in [0.5, 0.6) is 11.5 Å². The van der Waals surface area contributed by atoms with Crippen LogP contribution in [0.3, 0.4) is 0 Å². The molecule has 0 heterocycles. The van der Waals surface area contributed by atoms with Crippen LogP contribution in [-0.4, -0.2) is 15.5 Å². The molecule has 0 aromatic heterocycles. The molecule has 1 aromatic rings. The maximum absolute atomic E-state index is 10.2.